The molecule has 1 aliphatic carbocycles. The molecule has 2 rings (SSSR count). The highest BCUT2D eigenvalue weighted by molar-refractivity contribution is 5.17. The Morgan fingerprint density at radius 1 is 1.32 bits per heavy atom. The molecule has 2 aliphatic rings. The van der Waals surface area contributed by atoms with Crippen molar-refractivity contribution in [3.63, 3.8) is 0 Å². The Labute approximate surface area is 118 Å². The number of nitrogens with one attached hydrogen (secondary N) is 1. The summed E-state index contributed by atoms with van der Waals surface area (Å²) in [6, 6.07) is 3.72. The third-order valence-electron chi connectivity index (χ3n) is 4.69. The lowest BCUT2D eigenvalue weighted by Gasteiger charge is -2.41. The summed E-state index contributed by atoms with van der Waals surface area (Å²) in [5.74, 6) is 0.569. The maximum Gasteiger partial charge on any atom is 0.122 e. The molecule has 2 fully saturated rings. The number of piperidine rings is 1. The molecule has 0 spiro atoms. The Balaban J connectivity index is 2.08. The van der Waals surface area contributed by atoms with E-state index < -0.39 is 0 Å². The average molecular weight is 263 g/mol. The maximum atomic E-state index is 9.79. The number of nitriles is 1. The summed E-state index contributed by atoms with van der Waals surface area (Å²) in [6.07, 6.45) is 7.62. The molecule has 0 amide bonds. The van der Waals surface area contributed by atoms with Crippen molar-refractivity contribution in [2.24, 2.45) is 5.92 Å². The standard InChI is InChI=1S/C16H29N3/c1-4-15-7-5-6-10-19(15)12-16(11-17,14-8-9-14)18-13(2)3/h13-15,18H,4-10,12H2,1-3H3. The van der Waals surface area contributed by atoms with E-state index in [1.165, 1.54) is 45.1 Å². The Kier molecular flexibility index (Phi) is 4.86. The first-order valence-corrected chi connectivity index (χ1v) is 8.04. The molecule has 108 valence electrons. The molecular weight excluding hydrogens is 234 g/mol. The van der Waals surface area contributed by atoms with E-state index in [4.69, 9.17) is 0 Å². The lowest BCUT2D eigenvalue weighted by Crippen LogP contribution is -2.58. The Morgan fingerprint density at radius 2 is 2.05 bits per heavy atom. The second-order valence-electron chi connectivity index (χ2n) is 6.68. The van der Waals surface area contributed by atoms with Crippen molar-refractivity contribution >= 4 is 0 Å². The van der Waals surface area contributed by atoms with Gasteiger partial charge >= 0.3 is 0 Å². The molecule has 2 atom stereocenters. The second-order valence-corrected chi connectivity index (χ2v) is 6.68. The van der Waals surface area contributed by atoms with Crippen molar-refractivity contribution in [3.05, 3.63) is 0 Å². The summed E-state index contributed by atoms with van der Waals surface area (Å²) in [4.78, 5) is 2.58. The van der Waals surface area contributed by atoms with Crippen molar-refractivity contribution in [1.82, 2.24) is 10.2 Å². The lowest BCUT2D eigenvalue weighted by molar-refractivity contribution is 0.104. The Bertz CT molecular complexity index is 329. The molecule has 1 saturated carbocycles. The van der Waals surface area contributed by atoms with E-state index in [1.807, 2.05) is 0 Å². The summed E-state index contributed by atoms with van der Waals surface area (Å²) in [5, 5.41) is 13.4. The second kappa shape index (κ2) is 6.24. The van der Waals surface area contributed by atoms with Gasteiger partial charge < -0.3 is 0 Å². The van der Waals surface area contributed by atoms with Crippen LogP contribution in [0, 0.1) is 17.2 Å². The van der Waals surface area contributed by atoms with Gasteiger partial charge in [-0.2, -0.15) is 5.26 Å². The molecule has 0 radical (unpaired) electrons. The van der Waals surface area contributed by atoms with E-state index in [0.29, 0.717) is 18.0 Å². The molecule has 1 heterocycles. The van der Waals surface area contributed by atoms with E-state index in [-0.39, 0.29) is 5.54 Å². The predicted octanol–water partition coefficient (Wildman–Crippen LogP) is 2.92. The van der Waals surface area contributed by atoms with Gasteiger partial charge in [0.15, 0.2) is 0 Å². The minimum absolute atomic E-state index is 0.307. The van der Waals surface area contributed by atoms with Crippen LogP contribution < -0.4 is 5.32 Å². The summed E-state index contributed by atoms with van der Waals surface area (Å²) in [6.45, 7) is 8.69. The van der Waals surface area contributed by atoms with Crippen LogP contribution in [-0.2, 0) is 0 Å². The minimum atomic E-state index is -0.307. The number of nitrogens with zero attached hydrogens (tertiary/aromatic N) is 2. The largest absolute Gasteiger partial charge is 0.297 e. The van der Waals surface area contributed by atoms with Gasteiger partial charge in [-0.3, -0.25) is 10.2 Å². The van der Waals surface area contributed by atoms with Gasteiger partial charge in [-0.25, -0.2) is 0 Å². The zero-order valence-corrected chi connectivity index (χ0v) is 12.8. The summed E-state index contributed by atoms with van der Waals surface area (Å²) < 4.78 is 0. The van der Waals surface area contributed by atoms with Gasteiger partial charge in [0.2, 0.25) is 0 Å². The van der Waals surface area contributed by atoms with E-state index in [0.717, 1.165) is 6.54 Å². The van der Waals surface area contributed by atoms with Gasteiger partial charge in [-0.15, -0.1) is 0 Å². The molecule has 2 unspecified atom stereocenters. The molecule has 19 heavy (non-hydrogen) atoms. The first kappa shape index (κ1) is 14.8. The number of likely N-dealkylation sites (tertiary alicyclic amines) is 1. The quantitative estimate of drug-likeness (QED) is 0.801. The molecule has 1 aliphatic heterocycles. The van der Waals surface area contributed by atoms with Crippen LogP contribution >= 0.6 is 0 Å². The van der Waals surface area contributed by atoms with Crippen LogP contribution in [0.25, 0.3) is 0 Å². The Hall–Kier alpha value is -0.590. The van der Waals surface area contributed by atoms with Crippen molar-refractivity contribution in [2.45, 2.75) is 76.9 Å². The fraction of sp³-hybridized carbons (Fsp3) is 0.938. The van der Waals surface area contributed by atoms with Crippen LogP contribution in [0.15, 0.2) is 0 Å². The van der Waals surface area contributed by atoms with Crippen LogP contribution in [-0.4, -0.2) is 35.6 Å². The van der Waals surface area contributed by atoms with Crippen LogP contribution in [0.2, 0.25) is 0 Å². The van der Waals surface area contributed by atoms with E-state index in [9.17, 15) is 5.26 Å². The molecule has 3 nitrogen and oxygen atoms in total. The normalized spacial score (nSPS) is 28.1. The van der Waals surface area contributed by atoms with Gasteiger partial charge in [0, 0.05) is 18.6 Å². The third kappa shape index (κ3) is 3.49. The van der Waals surface area contributed by atoms with Gasteiger partial charge in [0.1, 0.15) is 5.54 Å². The lowest BCUT2D eigenvalue weighted by atomic mass is 9.90. The first-order valence-electron chi connectivity index (χ1n) is 8.04. The van der Waals surface area contributed by atoms with Gasteiger partial charge in [0.25, 0.3) is 0 Å². The van der Waals surface area contributed by atoms with Crippen LogP contribution in [0.4, 0.5) is 0 Å². The fourth-order valence-electron chi connectivity index (χ4n) is 3.59. The summed E-state index contributed by atoms with van der Waals surface area (Å²) in [5.41, 5.74) is -0.307. The number of rotatable bonds is 6. The van der Waals surface area contributed by atoms with Gasteiger partial charge in [0.05, 0.1) is 6.07 Å². The molecule has 1 N–H and O–H groups in total. The van der Waals surface area contributed by atoms with Gasteiger partial charge in [-0.1, -0.05) is 13.3 Å². The predicted molar refractivity (Wildman–Crippen MR) is 78.8 cm³/mol. The van der Waals surface area contributed by atoms with Crippen LogP contribution in [0.1, 0.15) is 59.3 Å². The highest BCUT2D eigenvalue weighted by atomic mass is 15.2. The zero-order chi connectivity index (χ0) is 13.9. The number of hydrogen-bond acceptors (Lipinski definition) is 3. The molecule has 0 aromatic carbocycles. The van der Waals surface area contributed by atoms with Crippen molar-refractivity contribution < 1.29 is 0 Å². The van der Waals surface area contributed by atoms with E-state index in [2.05, 4.69) is 37.1 Å². The molecule has 0 aromatic heterocycles. The zero-order valence-electron chi connectivity index (χ0n) is 12.8. The first-order chi connectivity index (χ1) is 9.11. The smallest absolute Gasteiger partial charge is 0.122 e. The van der Waals surface area contributed by atoms with Crippen LogP contribution in [0.5, 0.6) is 0 Å². The van der Waals surface area contributed by atoms with Crippen molar-refractivity contribution in [3.8, 4) is 6.07 Å². The highest BCUT2D eigenvalue weighted by Crippen LogP contribution is 2.41. The molecule has 3 heteroatoms. The highest BCUT2D eigenvalue weighted by Gasteiger charge is 2.47. The molecule has 1 saturated heterocycles. The molecule has 0 aromatic rings. The van der Waals surface area contributed by atoms with Crippen LogP contribution in [0.3, 0.4) is 0 Å². The molecular formula is C16H29N3. The van der Waals surface area contributed by atoms with E-state index >= 15 is 0 Å². The monoisotopic (exact) mass is 263 g/mol. The summed E-state index contributed by atoms with van der Waals surface area (Å²) in [7, 11) is 0. The minimum Gasteiger partial charge on any atom is -0.297 e. The average Bonchev–Trinajstić information content (AvgIpc) is 3.22. The maximum absolute atomic E-state index is 9.79. The van der Waals surface area contributed by atoms with Crippen molar-refractivity contribution in [2.75, 3.05) is 13.1 Å². The Morgan fingerprint density at radius 3 is 2.58 bits per heavy atom. The van der Waals surface area contributed by atoms with E-state index in [1.54, 1.807) is 0 Å². The molecule has 0 bridgehead atoms. The fourth-order valence-corrected chi connectivity index (χ4v) is 3.59. The van der Waals surface area contributed by atoms with Crippen molar-refractivity contribution in [1.29, 1.82) is 5.26 Å². The number of hydrogen-bond donors (Lipinski definition) is 1. The van der Waals surface area contributed by atoms with Gasteiger partial charge in [-0.05, 0) is 58.4 Å². The SMILES string of the molecule is CCC1CCCCN1CC(C#N)(NC(C)C)C1CC1. The third-order valence-corrected chi connectivity index (χ3v) is 4.69. The summed E-state index contributed by atoms with van der Waals surface area (Å²) >= 11 is 0. The topological polar surface area (TPSA) is 39.1 Å².